The molecule has 0 radical (unpaired) electrons. The predicted molar refractivity (Wildman–Crippen MR) is 85.8 cm³/mol. The van der Waals surface area contributed by atoms with Crippen LogP contribution in [0.25, 0.3) is 0 Å². The van der Waals surface area contributed by atoms with Crippen LogP contribution in [-0.2, 0) is 11.8 Å². The molecule has 1 heterocycles. The van der Waals surface area contributed by atoms with Gasteiger partial charge in [-0.3, -0.25) is 4.68 Å². The molecule has 2 aromatic rings. The van der Waals surface area contributed by atoms with Crippen molar-refractivity contribution in [3.63, 3.8) is 0 Å². The first-order chi connectivity index (χ1) is 10.0. The van der Waals surface area contributed by atoms with E-state index in [1.807, 2.05) is 16.9 Å². The van der Waals surface area contributed by atoms with Gasteiger partial charge in [0.05, 0.1) is 5.69 Å². The standard InChI is InChI=1S/C16H19Cl2FN2/c1-12(2)21-8-7-13(20-21)9-16(10-17,11-18)14-5-3-4-6-15(14)19/h3-8,12H,9-11H2,1-2H3. The van der Waals surface area contributed by atoms with Crippen LogP contribution in [0.3, 0.4) is 0 Å². The fourth-order valence-corrected chi connectivity index (χ4v) is 3.13. The van der Waals surface area contributed by atoms with E-state index < -0.39 is 5.41 Å². The highest BCUT2D eigenvalue weighted by atomic mass is 35.5. The Morgan fingerprint density at radius 2 is 1.86 bits per heavy atom. The lowest BCUT2D eigenvalue weighted by molar-refractivity contribution is 0.473. The van der Waals surface area contributed by atoms with Gasteiger partial charge in [0, 0.05) is 35.8 Å². The van der Waals surface area contributed by atoms with E-state index in [1.54, 1.807) is 18.2 Å². The molecule has 0 bridgehead atoms. The number of rotatable bonds is 6. The molecule has 0 aliphatic heterocycles. The molecule has 0 fully saturated rings. The summed E-state index contributed by atoms with van der Waals surface area (Å²) in [5.74, 6) is 0.208. The summed E-state index contributed by atoms with van der Waals surface area (Å²) < 4.78 is 16.0. The zero-order valence-electron chi connectivity index (χ0n) is 12.2. The minimum Gasteiger partial charge on any atom is -0.270 e. The number of alkyl halides is 2. The summed E-state index contributed by atoms with van der Waals surface area (Å²) in [5.41, 5.74) is 0.771. The number of benzene rings is 1. The Morgan fingerprint density at radius 3 is 2.38 bits per heavy atom. The molecule has 21 heavy (non-hydrogen) atoms. The smallest absolute Gasteiger partial charge is 0.127 e. The average Bonchev–Trinajstić information content (AvgIpc) is 2.94. The van der Waals surface area contributed by atoms with Gasteiger partial charge < -0.3 is 0 Å². The van der Waals surface area contributed by atoms with E-state index in [0.29, 0.717) is 12.0 Å². The van der Waals surface area contributed by atoms with Crippen LogP contribution in [0.4, 0.5) is 4.39 Å². The van der Waals surface area contributed by atoms with E-state index in [4.69, 9.17) is 23.2 Å². The van der Waals surface area contributed by atoms with Crippen molar-refractivity contribution in [1.82, 2.24) is 9.78 Å². The first kappa shape index (κ1) is 16.3. The van der Waals surface area contributed by atoms with Gasteiger partial charge in [-0.25, -0.2) is 4.39 Å². The molecule has 0 aliphatic rings. The summed E-state index contributed by atoms with van der Waals surface area (Å²) in [4.78, 5) is 0. The van der Waals surface area contributed by atoms with Crippen molar-refractivity contribution in [1.29, 1.82) is 0 Å². The molecule has 0 atom stereocenters. The number of nitrogens with zero attached hydrogens (tertiary/aromatic N) is 2. The number of aromatic nitrogens is 2. The van der Waals surface area contributed by atoms with Crippen LogP contribution < -0.4 is 0 Å². The Morgan fingerprint density at radius 1 is 1.19 bits per heavy atom. The summed E-state index contributed by atoms with van der Waals surface area (Å²) in [5, 5.41) is 4.52. The average molecular weight is 329 g/mol. The molecule has 0 saturated heterocycles. The van der Waals surface area contributed by atoms with Crippen LogP contribution in [0.15, 0.2) is 36.5 Å². The zero-order valence-corrected chi connectivity index (χ0v) is 13.7. The molecule has 0 unspecified atom stereocenters. The van der Waals surface area contributed by atoms with Crippen LogP contribution in [0.2, 0.25) is 0 Å². The first-order valence-corrected chi connectivity index (χ1v) is 8.00. The van der Waals surface area contributed by atoms with E-state index in [2.05, 4.69) is 18.9 Å². The molecule has 2 rings (SSSR count). The van der Waals surface area contributed by atoms with E-state index in [0.717, 1.165) is 5.69 Å². The van der Waals surface area contributed by atoms with E-state index in [1.165, 1.54) is 6.07 Å². The third-order valence-electron chi connectivity index (χ3n) is 3.67. The number of hydrogen-bond acceptors (Lipinski definition) is 1. The largest absolute Gasteiger partial charge is 0.270 e. The van der Waals surface area contributed by atoms with Gasteiger partial charge in [-0.15, -0.1) is 23.2 Å². The van der Waals surface area contributed by atoms with Gasteiger partial charge in [0.15, 0.2) is 0 Å². The summed E-state index contributed by atoms with van der Waals surface area (Å²) in [6, 6.07) is 8.89. The number of hydrogen-bond donors (Lipinski definition) is 0. The van der Waals surface area contributed by atoms with Crippen LogP contribution in [-0.4, -0.2) is 21.5 Å². The monoisotopic (exact) mass is 328 g/mol. The van der Waals surface area contributed by atoms with Crippen molar-refractivity contribution in [2.24, 2.45) is 0 Å². The molecule has 5 heteroatoms. The molecule has 1 aromatic heterocycles. The van der Waals surface area contributed by atoms with Crippen LogP contribution >= 0.6 is 23.2 Å². The molecule has 2 nitrogen and oxygen atoms in total. The maximum Gasteiger partial charge on any atom is 0.127 e. The van der Waals surface area contributed by atoms with Gasteiger partial charge in [0.2, 0.25) is 0 Å². The Bertz CT molecular complexity index is 591. The summed E-state index contributed by atoms with van der Waals surface area (Å²) >= 11 is 12.3. The molecule has 0 aliphatic carbocycles. The maximum atomic E-state index is 14.2. The third kappa shape index (κ3) is 3.41. The first-order valence-electron chi connectivity index (χ1n) is 6.93. The second-order valence-corrected chi connectivity index (χ2v) is 6.12. The van der Waals surface area contributed by atoms with Crippen LogP contribution in [0, 0.1) is 5.82 Å². The molecular formula is C16H19Cl2FN2. The van der Waals surface area contributed by atoms with Gasteiger partial charge in [-0.1, -0.05) is 18.2 Å². The van der Waals surface area contributed by atoms with Gasteiger partial charge in [-0.05, 0) is 31.5 Å². The van der Waals surface area contributed by atoms with Crippen molar-refractivity contribution in [3.8, 4) is 0 Å². The van der Waals surface area contributed by atoms with Gasteiger partial charge >= 0.3 is 0 Å². The van der Waals surface area contributed by atoms with Crippen molar-refractivity contribution < 1.29 is 4.39 Å². The Hall–Kier alpha value is -1.06. The molecular weight excluding hydrogens is 310 g/mol. The molecule has 0 amide bonds. The van der Waals surface area contributed by atoms with Crippen molar-refractivity contribution in [2.45, 2.75) is 31.7 Å². The lowest BCUT2D eigenvalue weighted by atomic mass is 9.79. The molecule has 1 aromatic carbocycles. The Labute approximate surface area is 134 Å². The summed E-state index contributed by atoms with van der Waals surface area (Å²) in [7, 11) is 0. The summed E-state index contributed by atoms with van der Waals surface area (Å²) in [6.45, 7) is 4.12. The highest BCUT2D eigenvalue weighted by molar-refractivity contribution is 6.22. The molecule has 0 spiro atoms. The molecule has 114 valence electrons. The highest BCUT2D eigenvalue weighted by Crippen LogP contribution is 2.33. The third-order valence-corrected chi connectivity index (χ3v) is 4.69. The fourth-order valence-electron chi connectivity index (χ4n) is 2.37. The molecule has 0 N–H and O–H groups in total. The van der Waals surface area contributed by atoms with Crippen LogP contribution in [0.1, 0.15) is 31.1 Å². The van der Waals surface area contributed by atoms with E-state index in [-0.39, 0.29) is 23.6 Å². The highest BCUT2D eigenvalue weighted by Gasteiger charge is 2.34. The van der Waals surface area contributed by atoms with Gasteiger partial charge in [0.25, 0.3) is 0 Å². The Kier molecular flexibility index (Phi) is 5.28. The van der Waals surface area contributed by atoms with E-state index in [9.17, 15) is 4.39 Å². The van der Waals surface area contributed by atoms with Gasteiger partial charge in [-0.2, -0.15) is 5.10 Å². The second-order valence-electron chi connectivity index (χ2n) is 5.59. The quantitative estimate of drug-likeness (QED) is 0.710. The second kappa shape index (κ2) is 6.80. The minimum absolute atomic E-state index is 0.242. The van der Waals surface area contributed by atoms with Crippen molar-refractivity contribution in [2.75, 3.05) is 11.8 Å². The fraction of sp³-hybridized carbons (Fsp3) is 0.438. The Balaban J connectivity index is 2.36. The van der Waals surface area contributed by atoms with Crippen molar-refractivity contribution in [3.05, 3.63) is 53.6 Å². The van der Waals surface area contributed by atoms with Crippen LogP contribution in [0.5, 0.6) is 0 Å². The maximum absolute atomic E-state index is 14.2. The normalized spacial score (nSPS) is 12.1. The lowest BCUT2D eigenvalue weighted by Gasteiger charge is -2.29. The number of halogens is 3. The van der Waals surface area contributed by atoms with Gasteiger partial charge in [0.1, 0.15) is 5.82 Å². The topological polar surface area (TPSA) is 17.8 Å². The molecule has 0 saturated carbocycles. The minimum atomic E-state index is -0.648. The summed E-state index contributed by atoms with van der Waals surface area (Å²) in [6.07, 6.45) is 2.44. The predicted octanol–water partition coefficient (Wildman–Crippen LogP) is 4.56. The lowest BCUT2D eigenvalue weighted by Crippen LogP contribution is -2.34. The van der Waals surface area contributed by atoms with E-state index >= 15 is 0 Å². The van der Waals surface area contributed by atoms with Crippen molar-refractivity contribution >= 4 is 23.2 Å². The SMILES string of the molecule is CC(C)n1ccc(CC(CCl)(CCl)c2ccccc2F)n1. The zero-order chi connectivity index (χ0) is 15.5.